The molecule has 6 nitrogen and oxygen atoms in total. The number of nitrogens with one attached hydrogen (secondary N) is 2. The minimum Gasteiger partial charge on any atom is -0.299 e. The van der Waals surface area contributed by atoms with Gasteiger partial charge in [0.05, 0.1) is 11.4 Å². The largest absolute Gasteiger partial charge is 0.299 e. The first kappa shape index (κ1) is 35.3. The van der Waals surface area contributed by atoms with Crippen molar-refractivity contribution in [3.8, 4) is 56.4 Å². The number of allylic oxidation sites excluding steroid dienone is 1. The maximum atomic E-state index is 8.93. The molecule has 0 saturated carbocycles. The lowest BCUT2D eigenvalue weighted by Gasteiger charge is -2.18. The van der Waals surface area contributed by atoms with Crippen molar-refractivity contribution < 1.29 is 0 Å². The van der Waals surface area contributed by atoms with E-state index in [-0.39, 0.29) is 0 Å². The van der Waals surface area contributed by atoms with Gasteiger partial charge in [0.1, 0.15) is 5.71 Å². The second kappa shape index (κ2) is 14.8. The standard InChI is InChI=1S/C53H34N6S/c54-46-29-27-35-24-22-34-23-25-38(31-45(34)49(35)50(46)59-58-40-16-5-2-6-17-40)52-55-51(56-53(57-52)39-26-28-44-43-20-9-10-21-47(43)60-48(44)32-39)37-15-11-14-36(30-37)42-19-8-7-18-41(42)33-12-3-1-4-13-33/h1-32,54,58H/b54-46?,59-50+. The maximum absolute atomic E-state index is 8.93. The number of anilines is 1. The number of fused-ring (bicyclic) bond motifs is 6. The molecule has 0 spiro atoms. The Kier molecular flexibility index (Phi) is 8.72. The van der Waals surface area contributed by atoms with Gasteiger partial charge in [-0.25, -0.2) is 15.0 Å². The molecule has 0 bridgehead atoms. The number of aromatic nitrogens is 3. The average Bonchev–Trinajstić information content (AvgIpc) is 3.69. The van der Waals surface area contributed by atoms with Crippen molar-refractivity contribution in [2.45, 2.75) is 0 Å². The van der Waals surface area contributed by atoms with Crippen molar-refractivity contribution in [1.29, 1.82) is 5.41 Å². The lowest BCUT2D eigenvalue weighted by atomic mass is 9.88. The molecule has 10 aromatic rings. The summed E-state index contributed by atoms with van der Waals surface area (Å²) < 4.78 is 2.43. The van der Waals surface area contributed by atoms with Gasteiger partial charge in [-0.2, -0.15) is 5.10 Å². The number of hydrazone groups is 1. The highest BCUT2D eigenvalue weighted by Crippen LogP contribution is 2.38. The highest BCUT2D eigenvalue weighted by molar-refractivity contribution is 7.25. The molecular formula is C53H34N6S. The molecule has 0 atom stereocenters. The molecule has 2 N–H and O–H groups in total. The topological polar surface area (TPSA) is 86.9 Å². The first-order valence-corrected chi connectivity index (χ1v) is 20.6. The number of thiophene rings is 1. The monoisotopic (exact) mass is 786 g/mol. The molecule has 8 aromatic carbocycles. The molecule has 0 unspecified atom stereocenters. The van der Waals surface area contributed by atoms with Crippen LogP contribution < -0.4 is 5.43 Å². The van der Waals surface area contributed by atoms with Crippen LogP contribution in [0.2, 0.25) is 0 Å². The van der Waals surface area contributed by atoms with Gasteiger partial charge in [0.25, 0.3) is 0 Å². The van der Waals surface area contributed by atoms with E-state index in [2.05, 4.69) is 151 Å². The zero-order valence-corrected chi connectivity index (χ0v) is 33.0. The Bertz CT molecular complexity index is 3370. The van der Waals surface area contributed by atoms with Crippen LogP contribution >= 0.6 is 11.3 Å². The highest BCUT2D eigenvalue weighted by atomic mass is 32.1. The van der Waals surface area contributed by atoms with Gasteiger partial charge in [-0.3, -0.25) is 10.8 Å². The molecule has 60 heavy (non-hydrogen) atoms. The van der Waals surface area contributed by atoms with Gasteiger partial charge in [0.2, 0.25) is 0 Å². The summed E-state index contributed by atoms with van der Waals surface area (Å²) in [5, 5.41) is 18.2. The van der Waals surface area contributed by atoms with Gasteiger partial charge in [0.15, 0.2) is 17.5 Å². The molecule has 282 valence electrons. The molecule has 1 aliphatic rings. The van der Waals surface area contributed by atoms with E-state index < -0.39 is 0 Å². The Labute approximate surface area is 350 Å². The maximum Gasteiger partial charge on any atom is 0.164 e. The quantitative estimate of drug-likeness (QED) is 0.158. The predicted molar refractivity (Wildman–Crippen MR) is 251 cm³/mol. The summed E-state index contributed by atoms with van der Waals surface area (Å²) in [6.07, 6.45) is 3.78. The van der Waals surface area contributed by atoms with Crippen molar-refractivity contribution in [2.75, 3.05) is 5.43 Å². The fraction of sp³-hybridized carbons (Fsp3) is 0. The summed E-state index contributed by atoms with van der Waals surface area (Å²) in [6, 6.07) is 62.8. The summed E-state index contributed by atoms with van der Waals surface area (Å²) in [5.41, 5.74) is 14.0. The molecule has 1 aliphatic carbocycles. The third kappa shape index (κ3) is 6.43. The first-order valence-electron chi connectivity index (χ1n) is 19.8. The zero-order chi connectivity index (χ0) is 40.0. The van der Waals surface area contributed by atoms with Crippen LogP contribution in [-0.4, -0.2) is 26.4 Å². The Hall–Kier alpha value is -7.87. The smallest absolute Gasteiger partial charge is 0.164 e. The van der Waals surface area contributed by atoms with Crippen molar-refractivity contribution in [3.63, 3.8) is 0 Å². The van der Waals surface area contributed by atoms with Crippen LogP contribution in [0.15, 0.2) is 193 Å². The number of nitrogens with zero attached hydrogens (tertiary/aromatic N) is 4. The lowest BCUT2D eigenvalue weighted by molar-refractivity contribution is 1.08. The zero-order valence-electron chi connectivity index (χ0n) is 32.2. The second-order valence-corrected chi connectivity index (χ2v) is 15.8. The van der Waals surface area contributed by atoms with Crippen molar-refractivity contribution in [1.82, 2.24) is 15.0 Å². The van der Waals surface area contributed by atoms with Gasteiger partial charge in [-0.15, -0.1) is 11.3 Å². The van der Waals surface area contributed by atoms with E-state index in [1.54, 1.807) is 17.4 Å². The summed E-state index contributed by atoms with van der Waals surface area (Å²) in [4.78, 5) is 15.6. The van der Waals surface area contributed by atoms with Crippen molar-refractivity contribution in [2.24, 2.45) is 5.10 Å². The lowest BCUT2D eigenvalue weighted by Crippen LogP contribution is -2.19. The van der Waals surface area contributed by atoms with E-state index in [0.717, 1.165) is 66.5 Å². The molecule has 11 rings (SSSR count). The fourth-order valence-electron chi connectivity index (χ4n) is 8.07. The van der Waals surface area contributed by atoms with Crippen LogP contribution in [0.25, 0.3) is 93.4 Å². The molecule has 2 aromatic heterocycles. The molecular weight excluding hydrogens is 753 g/mol. The minimum absolute atomic E-state index is 0.332. The number of hydrogen-bond acceptors (Lipinski definition) is 7. The Balaban J connectivity index is 1.08. The summed E-state index contributed by atoms with van der Waals surface area (Å²) in [7, 11) is 0. The van der Waals surface area contributed by atoms with E-state index in [0.29, 0.717) is 28.9 Å². The first-order chi connectivity index (χ1) is 29.6. The molecule has 0 radical (unpaired) electrons. The Morgan fingerprint density at radius 3 is 1.85 bits per heavy atom. The third-order valence-electron chi connectivity index (χ3n) is 11.0. The molecule has 2 heterocycles. The van der Waals surface area contributed by atoms with Gasteiger partial charge in [-0.1, -0.05) is 152 Å². The molecule has 0 aliphatic heterocycles. The normalized spacial score (nSPS) is 13.0. The minimum atomic E-state index is 0.332. The molecule has 0 fully saturated rings. The van der Waals surface area contributed by atoms with Gasteiger partial charge in [-0.05, 0) is 81.1 Å². The van der Waals surface area contributed by atoms with Crippen LogP contribution in [0, 0.1) is 5.41 Å². The van der Waals surface area contributed by atoms with Crippen molar-refractivity contribution >= 4 is 65.5 Å². The van der Waals surface area contributed by atoms with E-state index in [9.17, 15) is 0 Å². The van der Waals surface area contributed by atoms with Crippen LogP contribution in [0.1, 0.15) is 11.1 Å². The number of rotatable bonds is 7. The predicted octanol–water partition coefficient (Wildman–Crippen LogP) is 13.6. The van der Waals surface area contributed by atoms with Crippen LogP contribution in [-0.2, 0) is 0 Å². The fourth-order valence-corrected chi connectivity index (χ4v) is 9.22. The second-order valence-electron chi connectivity index (χ2n) is 14.8. The van der Waals surface area contributed by atoms with E-state index in [1.807, 2.05) is 42.5 Å². The van der Waals surface area contributed by atoms with E-state index in [1.165, 1.54) is 20.2 Å². The van der Waals surface area contributed by atoms with Crippen LogP contribution in [0.3, 0.4) is 0 Å². The van der Waals surface area contributed by atoms with E-state index >= 15 is 0 Å². The van der Waals surface area contributed by atoms with E-state index in [4.69, 9.17) is 25.5 Å². The number of benzene rings is 8. The number of para-hydroxylation sites is 1. The van der Waals surface area contributed by atoms with Gasteiger partial charge in [0, 0.05) is 42.4 Å². The number of hydrogen-bond donors (Lipinski definition) is 2. The molecule has 0 saturated heterocycles. The van der Waals surface area contributed by atoms with Crippen LogP contribution in [0.4, 0.5) is 5.69 Å². The molecule has 0 amide bonds. The van der Waals surface area contributed by atoms with Gasteiger partial charge >= 0.3 is 0 Å². The summed E-state index contributed by atoms with van der Waals surface area (Å²) in [6.45, 7) is 0. The summed E-state index contributed by atoms with van der Waals surface area (Å²) >= 11 is 1.78. The SMILES string of the molecule is N=C1C=Cc2ccc3ccc(-c4nc(-c5cccc(-c6ccccc6-c6ccccc6)c5)nc(-c5ccc6c(c5)sc5ccccc56)n4)cc3c2/C1=N/Nc1ccccc1. The Morgan fingerprint density at radius 1 is 0.450 bits per heavy atom. The van der Waals surface area contributed by atoms with Crippen molar-refractivity contribution in [3.05, 3.63) is 199 Å². The third-order valence-corrected chi connectivity index (χ3v) is 12.2. The molecule has 7 heteroatoms. The highest BCUT2D eigenvalue weighted by Gasteiger charge is 2.22. The summed E-state index contributed by atoms with van der Waals surface area (Å²) in [5.74, 6) is 1.74. The Morgan fingerprint density at radius 2 is 1.05 bits per heavy atom. The van der Waals surface area contributed by atoms with Crippen LogP contribution in [0.5, 0.6) is 0 Å². The average molecular weight is 787 g/mol. The van der Waals surface area contributed by atoms with Gasteiger partial charge < -0.3 is 0 Å².